The first-order valence-electron chi connectivity index (χ1n) is 12.2. The van der Waals surface area contributed by atoms with Crippen LogP contribution in [0.15, 0.2) is 48.5 Å². The second kappa shape index (κ2) is 9.36. The summed E-state index contributed by atoms with van der Waals surface area (Å²) >= 11 is 0. The van der Waals surface area contributed by atoms with Gasteiger partial charge in [-0.3, -0.25) is 0 Å². The Labute approximate surface area is 208 Å². The molecule has 198 valence electrons. The summed E-state index contributed by atoms with van der Waals surface area (Å²) in [5.74, 6) is -1.14. The van der Waals surface area contributed by atoms with Gasteiger partial charge in [0.1, 0.15) is 12.2 Å². The third-order valence-electron chi connectivity index (χ3n) is 8.07. The lowest BCUT2D eigenvalue weighted by Crippen LogP contribution is -2.47. The Hall–Kier alpha value is -3.04. The van der Waals surface area contributed by atoms with E-state index in [4.69, 9.17) is 9.47 Å². The SMILES string of the molecule is O=C(OC1C2CC(C3CCCCC32)C1OC(=O)c1ccc(C(F)(F)F)cc1)c1ccc(C(F)(F)F)cc1. The highest BCUT2D eigenvalue weighted by atomic mass is 19.4. The van der Waals surface area contributed by atoms with E-state index in [0.29, 0.717) is 18.3 Å². The Bertz CT molecular complexity index is 1060. The highest BCUT2D eigenvalue weighted by Crippen LogP contribution is 2.59. The molecule has 2 aromatic carbocycles. The van der Waals surface area contributed by atoms with Crippen LogP contribution in [0, 0.1) is 23.7 Å². The van der Waals surface area contributed by atoms with E-state index in [-0.39, 0.29) is 23.0 Å². The minimum absolute atomic E-state index is 0.0521. The third kappa shape index (κ3) is 4.94. The summed E-state index contributed by atoms with van der Waals surface area (Å²) in [6, 6.07) is 7.40. The van der Waals surface area contributed by atoms with Crippen molar-refractivity contribution in [2.75, 3.05) is 0 Å². The average Bonchev–Trinajstić information content (AvgIpc) is 3.40. The maximum Gasteiger partial charge on any atom is 0.416 e. The fourth-order valence-electron chi connectivity index (χ4n) is 6.44. The van der Waals surface area contributed by atoms with Crippen molar-refractivity contribution in [3.8, 4) is 0 Å². The van der Waals surface area contributed by atoms with Gasteiger partial charge >= 0.3 is 24.3 Å². The van der Waals surface area contributed by atoms with Crippen LogP contribution in [0.4, 0.5) is 26.3 Å². The van der Waals surface area contributed by atoms with Crippen LogP contribution >= 0.6 is 0 Å². The van der Waals surface area contributed by atoms with Crippen molar-refractivity contribution >= 4 is 11.9 Å². The Balaban J connectivity index is 1.35. The molecular formula is C27H24F6O4. The van der Waals surface area contributed by atoms with E-state index < -0.39 is 47.6 Å². The highest BCUT2D eigenvalue weighted by Gasteiger charge is 2.61. The zero-order chi connectivity index (χ0) is 26.5. The zero-order valence-electron chi connectivity index (χ0n) is 19.5. The minimum atomic E-state index is -4.54. The van der Waals surface area contributed by atoms with Crippen LogP contribution in [0.2, 0.25) is 0 Å². The van der Waals surface area contributed by atoms with Crippen molar-refractivity contribution in [3.05, 3.63) is 70.8 Å². The standard InChI is InChI=1S/C27H24F6O4/c28-26(29,30)16-9-5-14(6-10-16)24(34)36-22-20-13-21(19-4-2-1-3-18(19)20)23(22)37-25(35)15-7-11-17(12-8-15)27(31,32)33/h5-12,18-23H,1-4,13H2. The van der Waals surface area contributed by atoms with Crippen LogP contribution in [-0.2, 0) is 21.8 Å². The molecule has 0 aliphatic heterocycles. The lowest BCUT2D eigenvalue weighted by atomic mass is 9.69. The number of rotatable bonds is 4. The summed E-state index contributed by atoms with van der Waals surface area (Å²) in [6.07, 6.45) is -5.96. The fraction of sp³-hybridized carbons (Fsp3) is 0.481. The molecule has 0 spiro atoms. The molecule has 2 bridgehead atoms. The quantitative estimate of drug-likeness (QED) is 0.320. The van der Waals surface area contributed by atoms with Crippen molar-refractivity contribution in [3.63, 3.8) is 0 Å². The second-order valence-electron chi connectivity index (χ2n) is 10.1. The molecule has 4 nitrogen and oxygen atoms in total. The number of ether oxygens (including phenoxy) is 2. The second-order valence-corrected chi connectivity index (χ2v) is 10.1. The van der Waals surface area contributed by atoms with Gasteiger partial charge in [-0.05, 0) is 79.6 Å². The van der Waals surface area contributed by atoms with E-state index >= 15 is 0 Å². The molecule has 0 radical (unpaired) electrons. The molecule has 37 heavy (non-hydrogen) atoms. The number of hydrogen-bond acceptors (Lipinski definition) is 4. The topological polar surface area (TPSA) is 52.6 Å². The number of carbonyl (C=O) groups is 2. The summed E-state index contributed by atoms with van der Waals surface area (Å²) in [4.78, 5) is 25.8. The van der Waals surface area contributed by atoms with E-state index in [9.17, 15) is 35.9 Å². The molecule has 3 aliphatic carbocycles. The van der Waals surface area contributed by atoms with Gasteiger partial charge in [0.15, 0.2) is 0 Å². The van der Waals surface area contributed by atoms with E-state index in [1.54, 1.807) is 0 Å². The molecule has 0 saturated heterocycles. The van der Waals surface area contributed by atoms with Crippen LogP contribution < -0.4 is 0 Å². The molecule has 6 unspecified atom stereocenters. The predicted molar refractivity (Wildman–Crippen MR) is 118 cm³/mol. The van der Waals surface area contributed by atoms with Gasteiger partial charge in [-0.2, -0.15) is 26.3 Å². The smallest absolute Gasteiger partial charge is 0.416 e. The first kappa shape index (κ1) is 25.6. The molecule has 0 aromatic heterocycles. The molecular weight excluding hydrogens is 502 g/mol. The van der Waals surface area contributed by atoms with Crippen LogP contribution in [0.5, 0.6) is 0 Å². The Morgan fingerprint density at radius 2 is 0.946 bits per heavy atom. The molecule has 0 N–H and O–H groups in total. The molecule has 5 rings (SSSR count). The highest BCUT2D eigenvalue weighted by molar-refractivity contribution is 5.90. The predicted octanol–water partition coefficient (Wildman–Crippen LogP) is 6.93. The Morgan fingerprint density at radius 1 is 0.595 bits per heavy atom. The minimum Gasteiger partial charge on any atom is -0.455 e. The first-order valence-corrected chi connectivity index (χ1v) is 12.2. The number of benzene rings is 2. The number of esters is 2. The monoisotopic (exact) mass is 526 g/mol. The van der Waals surface area contributed by atoms with Crippen LogP contribution in [0.25, 0.3) is 0 Å². The van der Waals surface area contributed by atoms with Gasteiger partial charge in [-0.15, -0.1) is 0 Å². The number of fused-ring (bicyclic) bond motifs is 5. The Kier molecular flexibility index (Phi) is 6.48. The molecule has 0 heterocycles. The molecule has 2 aromatic rings. The van der Waals surface area contributed by atoms with Crippen molar-refractivity contribution in [2.24, 2.45) is 23.7 Å². The molecule has 6 atom stereocenters. The maximum absolute atomic E-state index is 12.9. The van der Waals surface area contributed by atoms with Crippen LogP contribution in [0.3, 0.4) is 0 Å². The number of carbonyl (C=O) groups excluding carboxylic acids is 2. The lowest BCUT2D eigenvalue weighted by Gasteiger charge is -2.42. The van der Waals surface area contributed by atoms with E-state index in [2.05, 4.69) is 0 Å². The van der Waals surface area contributed by atoms with Crippen LogP contribution in [-0.4, -0.2) is 24.1 Å². The largest absolute Gasteiger partial charge is 0.455 e. The van der Waals surface area contributed by atoms with Crippen LogP contribution in [0.1, 0.15) is 63.9 Å². The van der Waals surface area contributed by atoms with Gasteiger partial charge in [-0.25, -0.2) is 9.59 Å². The van der Waals surface area contributed by atoms with Crippen molar-refractivity contribution in [1.29, 1.82) is 0 Å². The van der Waals surface area contributed by atoms with E-state index in [1.807, 2.05) is 0 Å². The summed E-state index contributed by atoms with van der Waals surface area (Å²) < 4.78 is 88.8. The van der Waals surface area contributed by atoms with Gasteiger partial charge in [0.2, 0.25) is 0 Å². The zero-order valence-corrected chi connectivity index (χ0v) is 19.5. The summed E-state index contributed by atoms with van der Waals surface area (Å²) in [6.45, 7) is 0. The average molecular weight is 526 g/mol. The normalized spacial score (nSPS) is 29.0. The molecule has 3 aliphatic rings. The van der Waals surface area contributed by atoms with Gasteiger partial charge in [0.05, 0.1) is 22.3 Å². The fourth-order valence-corrected chi connectivity index (χ4v) is 6.44. The summed E-state index contributed by atoms with van der Waals surface area (Å²) in [5.41, 5.74) is -1.89. The third-order valence-corrected chi connectivity index (χ3v) is 8.07. The van der Waals surface area contributed by atoms with E-state index in [1.165, 1.54) is 0 Å². The molecule has 0 amide bonds. The Morgan fingerprint density at radius 3 is 1.27 bits per heavy atom. The van der Waals surface area contributed by atoms with E-state index in [0.717, 1.165) is 74.2 Å². The summed E-state index contributed by atoms with van der Waals surface area (Å²) in [5, 5.41) is 0. The van der Waals surface area contributed by atoms with Crippen molar-refractivity contribution < 1.29 is 45.4 Å². The number of alkyl halides is 6. The van der Waals surface area contributed by atoms with Gasteiger partial charge in [-0.1, -0.05) is 12.8 Å². The molecule has 10 heteroatoms. The number of hydrogen-bond donors (Lipinski definition) is 0. The van der Waals surface area contributed by atoms with Crippen molar-refractivity contribution in [1.82, 2.24) is 0 Å². The van der Waals surface area contributed by atoms with Gasteiger partial charge in [0.25, 0.3) is 0 Å². The maximum atomic E-state index is 12.9. The van der Waals surface area contributed by atoms with Gasteiger partial charge in [0, 0.05) is 11.8 Å². The molecule has 3 fully saturated rings. The van der Waals surface area contributed by atoms with Crippen molar-refractivity contribution in [2.45, 2.75) is 56.7 Å². The summed E-state index contributed by atoms with van der Waals surface area (Å²) in [7, 11) is 0. The molecule has 3 saturated carbocycles. The first-order chi connectivity index (χ1) is 17.4. The number of halogens is 6. The van der Waals surface area contributed by atoms with Gasteiger partial charge < -0.3 is 9.47 Å². The lowest BCUT2D eigenvalue weighted by molar-refractivity contribution is -0.138.